The molecule has 4 aliphatic heterocycles. The van der Waals surface area contributed by atoms with Crippen molar-refractivity contribution in [1.29, 1.82) is 0 Å². The van der Waals surface area contributed by atoms with E-state index in [-0.39, 0.29) is 48.1 Å². The minimum absolute atomic E-state index is 0.0715. The number of imide groups is 1. The van der Waals surface area contributed by atoms with Gasteiger partial charge in [-0.15, -0.1) is 0 Å². The van der Waals surface area contributed by atoms with E-state index in [1.807, 2.05) is 30.4 Å². The third-order valence-corrected chi connectivity index (χ3v) is 13.2. The number of piperazine rings is 1. The van der Waals surface area contributed by atoms with E-state index in [9.17, 15) is 14.4 Å². The van der Waals surface area contributed by atoms with Gasteiger partial charge in [-0.2, -0.15) is 5.10 Å². The lowest BCUT2D eigenvalue weighted by atomic mass is 9.95. The molecule has 4 aromatic heterocycles. The summed E-state index contributed by atoms with van der Waals surface area (Å²) in [6, 6.07) is 1.68. The molecule has 21 heteroatoms. The Morgan fingerprint density at radius 1 is 0.924 bits per heavy atom. The number of likely N-dealkylation sites (tertiary alicyclic amines) is 2. The normalized spacial score (nSPS) is 20.5. The Morgan fingerprint density at radius 3 is 2.30 bits per heavy atom. The van der Waals surface area contributed by atoms with Crippen molar-refractivity contribution in [3.05, 3.63) is 48.2 Å². The highest BCUT2D eigenvalue weighted by atomic mass is 19.1. The molecule has 0 spiro atoms. The molecule has 8 heterocycles. The Labute approximate surface area is 379 Å². The monoisotopic (exact) mass is 908 g/mol. The van der Waals surface area contributed by atoms with Crippen LogP contribution < -0.4 is 26.0 Å². The average Bonchev–Trinajstić information content (AvgIpc) is 3.89. The van der Waals surface area contributed by atoms with Gasteiger partial charge in [-0.05, 0) is 70.9 Å². The highest BCUT2D eigenvalue weighted by Crippen LogP contribution is 2.48. The van der Waals surface area contributed by atoms with E-state index in [0.717, 1.165) is 32.2 Å². The number of rotatable bonds is 12. The van der Waals surface area contributed by atoms with Crippen molar-refractivity contribution in [1.82, 2.24) is 54.9 Å². The van der Waals surface area contributed by atoms with Crippen molar-refractivity contribution in [2.45, 2.75) is 82.9 Å². The number of fused-ring (bicyclic) bond motifs is 1. The molecular formula is C45H54F2N14O5. The predicted octanol–water partition coefficient (Wildman–Crippen LogP) is 3.77. The molecule has 348 valence electrons. The fourth-order valence-electron chi connectivity index (χ4n) is 9.50. The maximum absolute atomic E-state index is 15.2. The van der Waals surface area contributed by atoms with Crippen LogP contribution in [-0.2, 0) is 19.9 Å². The number of carbonyl (C=O) groups excluding carboxylic acids is 3. The molecular weight excluding hydrogens is 855 g/mol. The quantitative estimate of drug-likeness (QED) is 0.152. The minimum atomic E-state index is -0.732. The van der Waals surface area contributed by atoms with Crippen molar-refractivity contribution >= 4 is 45.9 Å². The van der Waals surface area contributed by atoms with Gasteiger partial charge in [-0.1, -0.05) is 5.16 Å². The Morgan fingerprint density at radius 2 is 1.64 bits per heavy atom. The van der Waals surface area contributed by atoms with Gasteiger partial charge in [0.1, 0.15) is 41.4 Å². The molecule has 5 fully saturated rings. The van der Waals surface area contributed by atoms with Crippen LogP contribution in [0.15, 0.2) is 35.4 Å². The number of hydrogen-bond donors (Lipinski definition) is 3. The average molecular weight is 909 g/mol. The third kappa shape index (κ3) is 8.84. The standard InChI is InChI=1S/C45H54F2N14O5/c1-45(2,3)61-43-36(41(48)51-24-52-43)37(55-61)38-35(40(66-56-38)26-4-5-26)42-49-18-28(19-50-42)65-29-21-58(22-29)23-34(63)59-10-8-25(9-11-59)20-57-12-14-60(15-13-57)39-30(46)16-27(17-31(39)47)53-32-6-7-33(62)54-44(32)64/h16-19,24-26,29,32,53H,4-15,20-23H2,1-3H3,(H2,48,51,52)(H,54,62,64). The van der Waals surface area contributed by atoms with E-state index in [4.69, 9.17) is 30.1 Å². The van der Waals surface area contributed by atoms with Crippen LogP contribution in [0, 0.1) is 17.6 Å². The molecule has 4 saturated heterocycles. The number of halogens is 2. The van der Waals surface area contributed by atoms with E-state index in [2.05, 4.69) is 35.6 Å². The van der Waals surface area contributed by atoms with E-state index < -0.39 is 29.1 Å². The van der Waals surface area contributed by atoms with Crippen LogP contribution in [-0.4, -0.2) is 145 Å². The molecule has 1 aromatic carbocycles. The van der Waals surface area contributed by atoms with Crippen LogP contribution in [0.2, 0.25) is 0 Å². The number of nitrogen functional groups attached to an aromatic ring is 1. The summed E-state index contributed by atoms with van der Waals surface area (Å²) in [6.07, 6.45) is 8.82. The number of nitrogens with one attached hydrogen (secondary N) is 2. The Bertz CT molecular complexity index is 2620. The second kappa shape index (κ2) is 17.5. The van der Waals surface area contributed by atoms with Gasteiger partial charge >= 0.3 is 0 Å². The number of carbonyl (C=O) groups is 3. The zero-order chi connectivity index (χ0) is 45.9. The second-order valence-electron chi connectivity index (χ2n) is 19.2. The molecule has 10 rings (SSSR count). The summed E-state index contributed by atoms with van der Waals surface area (Å²) >= 11 is 0. The first-order valence-electron chi connectivity index (χ1n) is 22.8. The maximum Gasteiger partial charge on any atom is 0.249 e. The Kier molecular flexibility index (Phi) is 11.5. The zero-order valence-corrected chi connectivity index (χ0v) is 37.3. The Hall–Kier alpha value is -6.35. The second-order valence-corrected chi connectivity index (χ2v) is 19.2. The number of anilines is 3. The number of nitrogens with two attached hydrogens (primary N) is 1. The van der Waals surface area contributed by atoms with E-state index >= 15 is 8.78 Å². The molecule has 1 unspecified atom stereocenters. The van der Waals surface area contributed by atoms with Crippen molar-refractivity contribution < 1.29 is 32.4 Å². The number of piperidine rings is 2. The maximum atomic E-state index is 15.2. The van der Waals surface area contributed by atoms with Gasteiger partial charge in [-0.25, -0.2) is 33.4 Å². The number of benzene rings is 1. The predicted molar refractivity (Wildman–Crippen MR) is 238 cm³/mol. The number of ether oxygens (including phenoxy) is 1. The molecule has 0 bridgehead atoms. The number of nitrogens with zero attached hydrogens (tertiary/aromatic N) is 11. The smallest absolute Gasteiger partial charge is 0.249 e. The summed E-state index contributed by atoms with van der Waals surface area (Å²) in [7, 11) is 0. The summed E-state index contributed by atoms with van der Waals surface area (Å²) in [6.45, 7) is 12.2. The number of amides is 3. The van der Waals surface area contributed by atoms with Gasteiger partial charge in [0.15, 0.2) is 34.6 Å². The van der Waals surface area contributed by atoms with Gasteiger partial charge in [0.2, 0.25) is 17.7 Å². The van der Waals surface area contributed by atoms with Crippen LogP contribution in [0.3, 0.4) is 0 Å². The van der Waals surface area contributed by atoms with Crippen LogP contribution in [0.1, 0.15) is 71.0 Å². The molecule has 66 heavy (non-hydrogen) atoms. The van der Waals surface area contributed by atoms with Gasteiger partial charge in [-0.3, -0.25) is 29.5 Å². The first-order chi connectivity index (χ1) is 31.7. The van der Waals surface area contributed by atoms with Crippen molar-refractivity contribution in [3.63, 3.8) is 0 Å². The van der Waals surface area contributed by atoms with Crippen molar-refractivity contribution in [2.75, 3.05) is 81.4 Å². The Balaban J connectivity index is 0.674. The molecule has 1 saturated carbocycles. The van der Waals surface area contributed by atoms with Crippen LogP contribution in [0.5, 0.6) is 5.75 Å². The topological polar surface area (TPSA) is 219 Å². The minimum Gasteiger partial charge on any atom is -0.485 e. The first kappa shape index (κ1) is 43.5. The molecule has 19 nitrogen and oxygen atoms in total. The van der Waals surface area contributed by atoms with Crippen LogP contribution in [0.25, 0.3) is 33.8 Å². The van der Waals surface area contributed by atoms with E-state index in [1.165, 1.54) is 18.5 Å². The summed E-state index contributed by atoms with van der Waals surface area (Å²) in [5.74, 6) is 0.481. The van der Waals surface area contributed by atoms with Gasteiger partial charge in [0, 0.05) is 76.9 Å². The van der Waals surface area contributed by atoms with Gasteiger partial charge in [0.25, 0.3) is 0 Å². The molecule has 5 aliphatic rings. The summed E-state index contributed by atoms with van der Waals surface area (Å²) in [4.78, 5) is 63.1. The largest absolute Gasteiger partial charge is 0.485 e. The van der Waals surface area contributed by atoms with Gasteiger partial charge < -0.3 is 30.1 Å². The lowest BCUT2D eigenvalue weighted by molar-refractivity contribution is -0.136. The SMILES string of the molecule is CC(C)(C)n1nc(-c2noc(C3CC3)c2-c2ncc(OC3CN(CC(=O)N4CCC(CN5CCN(c6c(F)cc(NC7CCC(=O)NC7=O)cc6F)CC5)CC4)C3)cn2)c2c(N)ncnc21. The van der Waals surface area contributed by atoms with E-state index in [0.29, 0.717) is 116 Å². The first-order valence-corrected chi connectivity index (χ1v) is 22.8. The summed E-state index contributed by atoms with van der Waals surface area (Å²) in [5, 5.41) is 15.1. The van der Waals surface area contributed by atoms with Crippen molar-refractivity contribution in [3.8, 4) is 28.5 Å². The summed E-state index contributed by atoms with van der Waals surface area (Å²) < 4.78 is 44.5. The molecule has 1 aliphatic carbocycles. The number of aromatic nitrogens is 7. The number of hydrogen-bond acceptors (Lipinski definition) is 16. The van der Waals surface area contributed by atoms with Crippen LogP contribution in [0.4, 0.5) is 26.0 Å². The van der Waals surface area contributed by atoms with Crippen molar-refractivity contribution in [2.24, 2.45) is 5.92 Å². The molecule has 0 radical (unpaired) electrons. The van der Waals surface area contributed by atoms with E-state index in [1.54, 1.807) is 17.3 Å². The highest BCUT2D eigenvalue weighted by Gasteiger charge is 2.38. The molecule has 3 amide bonds. The van der Waals surface area contributed by atoms with Crippen LogP contribution >= 0.6 is 0 Å². The third-order valence-electron chi connectivity index (χ3n) is 13.2. The fourth-order valence-corrected chi connectivity index (χ4v) is 9.50. The molecule has 4 N–H and O–H groups in total. The zero-order valence-electron chi connectivity index (χ0n) is 37.3. The highest BCUT2D eigenvalue weighted by molar-refractivity contribution is 6.02. The lowest BCUT2D eigenvalue weighted by Crippen LogP contribution is -2.57. The van der Waals surface area contributed by atoms with Gasteiger partial charge in [0.05, 0.1) is 35.4 Å². The molecule has 5 aromatic rings. The summed E-state index contributed by atoms with van der Waals surface area (Å²) in [5.41, 5.74) is 8.35. The lowest BCUT2D eigenvalue weighted by Gasteiger charge is -2.41. The molecule has 1 atom stereocenters. The fraction of sp³-hybridized carbons (Fsp3) is 0.533.